The van der Waals surface area contributed by atoms with E-state index < -0.39 is 0 Å². The molecule has 7 heteroatoms. The topological polar surface area (TPSA) is 74.5 Å². The predicted molar refractivity (Wildman–Crippen MR) is 95.5 cm³/mol. The highest BCUT2D eigenvalue weighted by molar-refractivity contribution is 5.79. The molecule has 3 heterocycles. The minimum Gasteiger partial charge on any atom is -0.361 e. The summed E-state index contributed by atoms with van der Waals surface area (Å²) in [6.07, 6.45) is 2.09. The van der Waals surface area contributed by atoms with Crippen molar-refractivity contribution in [2.75, 3.05) is 38.1 Å². The lowest BCUT2D eigenvalue weighted by Gasteiger charge is -2.34. The smallest absolute Gasteiger partial charge is 0.224 e. The lowest BCUT2D eigenvalue weighted by Crippen LogP contribution is -2.45. The first-order valence-corrected chi connectivity index (χ1v) is 8.60. The highest BCUT2D eigenvalue weighted by Gasteiger charge is 2.19. The largest absolute Gasteiger partial charge is 0.361 e. The van der Waals surface area contributed by atoms with Gasteiger partial charge in [0, 0.05) is 50.0 Å². The van der Waals surface area contributed by atoms with Crippen LogP contribution in [0.1, 0.15) is 22.6 Å². The zero-order valence-electron chi connectivity index (χ0n) is 15.1. The van der Waals surface area contributed by atoms with Crippen molar-refractivity contribution in [1.82, 2.24) is 20.4 Å². The molecular weight excluding hydrogens is 318 g/mol. The van der Waals surface area contributed by atoms with Crippen LogP contribution in [0.15, 0.2) is 22.9 Å². The van der Waals surface area contributed by atoms with Crippen LogP contribution < -0.4 is 10.2 Å². The van der Waals surface area contributed by atoms with Crippen molar-refractivity contribution in [3.05, 3.63) is 40.9 Å². The van der Waals surface area contributed by atoms with E-state index in [2.05, 4.69) is 32.3 Å². The summed E-state index contributed by atoms with van der Waals surface area (Å²) in [6.45, 7) is 8.10. The number of nitrogens with zero attached hydrogens (tertiary/aromatic N) is 4. The van der Waals surface area contributed by atoms with E-state index in [1.54, 1.807) is 0 Å². The molecule has 0 atom stereocenters. The Labute approximate surface area is 148 Å². The molecule has 25 heavy (non-hydrogen) atoms. The van der Waals surface area contributed by atoms with Crippen molar-refractivity contribution in [3.63, 3.8) is 0 Å². The van der Waals surface area contributed by atoms with Crippen molar-refractivity contribution in [2.24, 2.45) is 0 Å². The number of aryl methyl sites for hydroxylation is 2. The van der Waals surface area contributed by atoms with E-state index >= 15 is 0 Å². The van der Waals surface area contributed by atoms with Crippen LogP contribution in [0.2, 0.25) is 0 Å². The maximum Gasteiger partial charge on any atom is 0.224 e. The van der Waals surface area contributed by atoms with Gasteiger partial charge in [-0.1, -0.05) is 11.2 Å². The van der Waals surface area contributed by atoms with Crippen LogP contribution in [0.4, 0.5) is 5.82 Å². The van der Waals surface area contributed by atoms with Gasteiger partial charge in [0.2, 0.25) is 5.91 Å². The molecule has 1 saturated heterocycles. The summed E-state index contributed by atoms with van der Waals surface area (Å²) < 4.78 is 5.12. The second-order valence-corrected chi connectivity index (χ2v) is 6.53. The standard InChI is InChI=1S/C18H25N5O2/c1-13-16(14(2)25-21-13)11-17(24)20-12-15-5-4-6-19-18(15)23-9-7-22(3)8-10-23/h4-6H,7-12H2,1-3H3,(H,20,24). The molecule has 0 unspecified atom stereocenters. The first kappa shape index (κ1) is 17.4. The molecule has 3 rings (SSSR count). The molecule has 134 valence electrons. The first-order chi connectivity index (χ1) is 12.0. The van der Waals surface area contributed by atoms with Gasteiger partial charge in [-0.2, -0.15) is 0 Å². The molecule has 0 aromatic carbocycles. The minimum atomic E-state index is -0.0393. The van der Waals surface area contributed by atoms with Crippen molar-refractivity contribution >= 4 is 11.7 Å². The molecule has 1 fully saturated rings. The molecule has 7 nitrogen and oxygen atoms in total. The number of nitrogens with one attached hydrogen (secondary N) is 1. The van der Waals surface area contributed by atoms with E-state index in [0.717, 1.165) is 48.8 Å². The summed E-state index contributed by atoms with van der Waals surface area (Å²) in [5.41, 5.74) is 2.68. The number of likely N-dealkylation sites (N-methyl/N-ethyl adjacent to an activating group) is 1. The number of carbonyl (C=O) groups is 1. The zero-order chi connectivity index (χ0) is 17.8. The van der Waals surface area contributed by atoms with Crippen LogP contribution in [-0.2, 0) is 17.8 Å². The Morgan fingerprint density at radius 1 is 1.28 bits per heavy atom. The molecule has 0 bridgehead atoms. The van der Waals surface area contributed by atoms with Crippen LogP contribution in [-0.4, -0.2) is 54.2 Å². The zero-order valence-corrected chi connectivity index (χ0v) is 15.1. The molecule has 0 spiro atoms. The Hall–Kier alpha value is -2.41. The summed E-state index contributed by atoms with van der Waals surface area (Å²) in [6, 6.07) is 3.94. The number of hydrogen-bond acceptors (Lipinski definition) is 6. The highest BCUT2D eigenvalue weighted by atomic mass is 16.5. The van der Waals surface area contributed by atoms with Crippen LogP contribution in [0.5, 0.6) is 0 Å². The monoisotopic (exact) mass is 343 g/mol. The summed E-state index contributed by atoms with van der Waals surface area (Å²) >= 11 is 0. The first-order valence-electron chi connectivity index (χ1n) is 8.60. The number of piperazine rings is 1. The van der Waals surface area contributed by atoms with Crippen LogP contribution in [0.3, 0.4) is 0 Å². The van der Waals surface area contributed by atoms with E-state index in [4.69, 9.17) is 4.52 Å². The third-order valence-electron chi connectivity index (χ3n) is 4.66. The Morgan fingerprint density at radius 3 is 2.72 bits per heavy atom. The summed E-state index contributed by atoms with van der Waals surface area (Å²) in [4.78, 5) is 21.4. The van der Waals surface area contributed by atoms with Gasteiger partial charge in [-0.25, -0.2) is 4.98 Å². The highest BCUT2D eigenvalue weighted by Crippen LogP contribution is 2.19. The van der Waals surface area contributed by atoms with Crippen molar-refractivity contribution < 1.29 is 9.32 Å². The lowest BCUT2D eigenvalue weighted by atomic mass is 10.1. The Kier molecular flexibility index (Phi) is 5.33. The Bertz CT molecular complexity index is 715. The van der Waals surface area contributed by atoms with Crippen LogP contribution >= 0.6 is 0 Å². The number of aromatic nitrogens is 2. The molecule has 2 aromatic rings. The number of amides is 1. The predicted octanol–water partition coefficient (Wildman–Crippen LogP) is 1.30. The van der Waals surface area contributed by atoms with Crippen molar-refractivity contribution in [3.8, 4) is 0 Å². The van der Waals surface area contributed by atoms with Crippen molar-refractivity contribution in [2.45, 2.75) is 26.8 Å². The van der Waals surface area contributed by atoms with Crippen LogP contribution in [0, 0.1) is 13.8 Å². The molecule has 0 saturated carbocycles. The van der Waals surface area contributed by atoms with Gasteiger partial charge in [0.1, 0.15) is 11.6 Å². The van der Waals surface area contributed by atoms with Gasteiger partial charge in [-0.05, 0) is 27.0 Å². The number of anilines is 1. The van der Waals surface area contributed by atoms with Gasteiger partial charge in [0.05, 0.1) is 12.1 Å². The maximum atomic E-state index is 12.3. The second kappa shape index (κ2) is 7.65. The Morgan fingerprint density at radius 2 is 2.04 bits per heavy atom. The molecule has 1 aliphatic heterocycles. The minimum absolute atomic E-state index is 0.0393. The molecule has 1 amide bonds. The molecule has 0 radical (unpaired) electrons. The summed E-state index contributed by atoms with van der Waals surface area (Å²) in [5.74, 6) is 1.63. The van der Waals surface area contributed by atoms with E-state index in [0.29, 0.717) is 12.3 Å². The third kappa shape index (κ3) is 4.17. The van der Waals surface area contributed by atoms with Gasteiger partial charge >= 0.3 is 0 Å². The molecule has 0 aliphatic carbocycles. The fraction of sp³-hybridized carbons (Fsp3) is 0.500. The fourth-order valence-electron chi connectivity index (χ4n) is 3.04. The number of hydrogen-bond donors (Lipinski definition) is 1. The van der Waals surface area contributed by atoms with Crippen LogP contribution in [0.25, 0.3) is 0 Å². The quantitative estimate of drug-likeness (QED) is 0.882. The molecular formula is C18H25N5O2. The van der Waals surface area contributed by atoms with E-state index in [9.17, 15) is 4.79 Å². The number of carbonyl (C=O) groups excluding carboxylic acids is 1. The molecule has 1 aliphatic rings. The maximum absolute atomic E-state index is 12.3. The SMILES string of the molecule is Cc1noc(C)c1CC(=O)NCc1cccnc1N1CCN(C)CC1. The normalized spacial score (nSPS) is 15.4. The van der Waals surface area contributed by atoms with Gasteiger partial charge in [-0.3, -0.25) is 4.79 Å². The Balaban J connectivity index is 1.62. The third-order valence-corrected chi connectivity index (χ3v) is 4.66. The van der Waals surface area contributed by atoms with Gasteiger partial charge in [0.25, 0.3) is 0 Å². The fourth-order valence-corrected chi connectivity index (χ4v) is 3.04. The lowest BCUT2D eigenvalue weighted by molar-refractivity contribution is -0.120. The van der Waals surface area contributed by atoms with Gasteiger partial charge < -0.3 is 19.6 Å². The average Bonchev–Trinajstić information content (AvgIpc) is 2.93. The van der Waals surface area contributed by atoms with E-state index in [1.807, 2.05) is 32.2 Å². The number of pyridine rings is 1. The molecule has 1 N–H and O–H groups in total. The van der Waals surface area contributed by atoms with Crippen molar-refractivity contribution in [1.29, 1.82) is 0 Å². The number of rotatable bonds is 5. The van der Waals surface area contributed by atoms with E-state index in [1.165, 1.54) is 0 Å². The summed E-state index contributed by atoms with van der Waals surface area (Å²) in [5, 5.41) is 6.89. The van der Waals surface area contributed by atoms with E-state index in [-0.39, 0.29) is 12.3 Å². The average molecular weight is 343 g/mol. The summed E-state index contributed by atoms with van der Waals surface area (Å²) in [7, 11) is 2.13. The molecule has 2 aromatic heterocycles. The van der Waals surface area contributed by atoms with Gasteiger partial charge in [-0.15, -0.1) is 0 Å². The second-order valence-electron chi connectivity index (χ2n) is 6.53. The van der Waals surface area contributed by atoms with Gasteiger partial charge in [0.15, 0.2) is 0 Å².